The van der Waals surface area contributed by atoms with E-state index in [4.69, 9.17) is 10.00 Å². The molecule has 0 saturated heterocycles. The van der Waals surface area contributed by atoms with Crippen molar-refractivity contribution in [2.45, 2.75) is 26.3 Å². The highest BCUT2D eigenvalue weighted by molar-refractivity contribution is 5.50. The zero-order chi connectivity index (χ0) is 15.1. The van der Waals surface area contributed by atoms with E-state index in [2.05, 4.69) is 43.4 Å². The first-order valence-corrected chi connectivity index (χ1v) is 7.16. The average Bonchev–Trinajstić information content (AvgIpc) is 2.52. The van der Waals surface area contributed by atoms with Gasteiger partial charge in [-0.15, -0.1) is 0 Å². The van der Waals surface area contributed by atoms with Crippen LogP contribution in [0.2, 0.25) is 0 Å². The molecule has 0 saturated carbocycles. The zero-order valence-corrected chi connectivity index (χ0v) is 12.5. The molecule has 0 amide bonds. The monoisotopic (exact) mass is 280 g/mol. The van der Waals surface area contributed by atoms with Crippen molar-refractivity contribution in [2.24, 2.45) is 0 Å². The van der Waals surface area contributed by atoms with E-state index in [0.717, 1.165) is 12.1 Å². The van der Waals surface area contributed by atoms with E-state index < -0.39 is 0 Å². The largest absolute Gasteiger partial charge is 0.479 e. The number of nitrogens with one attached hydrogen (secondary N) is 1. The standard InChI is InChI=1S/C18H20N2O/c1-3-18(15-9-7-14(2)8-10-15)20-16-5-4-6-17(13-16)21-12-11-19/h4-10,13,18,20H,3,12H2,1-2H3. The third-order valence-electron chi connectivity index (χ3n) is 3.37. The number of hydrogen-bond acceptors (Lipinski definition) is 3. The van der Waals surface area contributed by atoms with Crippen LogP contribution in [0.4, 0.5) is 5.69 Å². The van der Waals surface area contributed by atoms with Crippen molar-refractivity contribution in [3.05, 3.63) is 59.7 Å². The van der Waals surface area contributed by atoms with Gasteiger partial charge in [0.15, 0.2) is 6.61 Å². The van der Waals surface area contributed by atoms with Gasteiger partial charge >= 0.3 is 0 Å². The second kappa shape index (κ2) is 7.35. The van der Waals surface area contributed by atoms with Crippen molar-refractivity contribution in [3.63, 3.8) is 0 Å². The van der Waals surface area contributed by atoms with Crippen molar-refractivity contribution >= 4 is 5.69 Å². The van der Waals surface area contributed by atoms with Crippen LogP contribution in [0.15, 0.2) is 48.5 Å². The van der Waals surface area contributed by atoms with E-state index in [1.54, 1.807) is 0 Å². The smallest absolute Gasteiger partial charge is 0.174 e. The maximum absolute atomic E-state index is 8.56. The minimum atomic E-state index is 0.0681. The summed E-state index contributed by atoms with van der Waals surface area (Å²) in [4.78, 5) is 0. The number of hydrogen-bond donors (Lipinski definition) is 1. The summed E-state index contributed by atoms with van der Waals surface area (Å²) < 4.78 is 5.33. The fourth-order valence-electron chi connectivity index (χ4n) is 2.21. The molecule has 0 spiro atoms. The summed E-state index contributed by atoms with van der Waals surface area (Å²) in [5.74, 6) is 0.709. The van der Waals surface area contributed by atoms with Gasteiger partial charge in [-0.3, -0.25) is 0 Å². The first-order valence-electron chi connectivity index (χ1n) is 7.16. The molecular weight excluding hydrogens is 260 g/mol. The van der Waals surface area contributed by atoms with Crippen molar-refractivity contribution in [2.75, 3.05) is 11.9 Å². The van der Waals surface area contributed by atoms with Crippen LogP contribution in [0.3, 0.4) is 0 Å². The lowest BCUT2D eigenvalue weighted by Crippen LogP contribution is -2.09. The highest BCUT2D eigenvalue weighted by atomic mass is 16.5. The maximum Gasteiger partial charge on any atom is 0.174 e. The molecular formula is C18H20N2O. The van der Waals surface area contributed by atoms with Gasteiger partial charge in [-0.05, 0) is 31.0 Å². The van der Waals surface area contributed by atoms with Crippen molar-refractivity contribution in [1.82, 2.24) is 0 Å². The number of rotatable bonds is 6. The van der Waals surface area contributed by atoms with Gasteiger partial charge in [0.05, 0.1) is 6.04 Å². The van der Waals surface area contributed by atoms with Crippen molar-refractivity contribution in [1.29, 1.82) is 5.26 Å². The Balaban J connectivity index is 2.11. The summed E-state index contributed by atoms with van der Waals surface area (Å²) in [5.41, 5.74) is 3.53. The number of nitriles is 1. The van der Waals surface area contributed by atoms with Crippen LogP contribution in [0.5, 0.6) is 5.75 Å². The molecule has 2 aromatic rings. The fourth-order valence-corrected chi connectivity index (χ4v) is 2.21. The molecule has 0 aliphatic carbocycles. The van der Waals surface area contributed by atoms with E-state index in [-0.39, 0.29) is 12.6 Å². The van der Waals surface area contributed by atoms with E-state index in [9.17, 15) is 0 Å². The van der Waals surface area contributed by atoms with Gasteiger partial charge in [-0.1, -0.05) is 42.8 Å². The van der Waals surface area contributed by atoms with Crippen molar-refractivity contribution < 1.29 is 4.74 Å². The Hall–Kier alpha value is -2.47. The Morgan fingerprint density at radius 1 is 1.19 bits per heavy atom. The third-order valence-corrected chi connectivity index (χ3v) is 3.37. The minimum Gasteiger partial charge on any atom is -0.479 e. The lowest BCUT2D eigenvalue weighted by Gasteiger charge is -2.19. The molecule has 0 fully saturated rings. The molecule has 0 bridgehead atoms. The predicted octanol–water partition coefficient (Wildman–Crippen LogP) is 4.46. The lowest BCUT2D eigenvalue weighted by molar-refractivity contribution is 0.368. The summed E-state index contributed by atoms with van der Waals surface area (Å²) >= 11 is 0. The summed E-state index contributed by atoms with van der Waals surface area (Å²) in [6.07, 6.45) is 0.992. The van der Waals surface area contributed by atoms with E-state index in [1.165, 1.54) is 11.1 Å². The van der Waals surface area contributed by atoms with Crippen molar-refractivity contribution in [3.8, 4) is 11.8 Å². The second-order valence-electron chi connectivity index (χ2n) is 4.99. The molecule has 0 aromatic heterocycles. The molecule has 3 nitrogen and oxygen atoms in total. The molecule has 0 aliphatic rings. The molecule has 0 aliphatic heterocycles. The Morgan fingerprint density at radius 2 is 1.95 bits per heavy atom. The Labute approximate surface area is 126 Å². The van der Waals surface area contributed by atoms with Gasteiger partial charge in [-0.25, -0.2) is 0 Å². The Morgan fingerprint density at radius 3 is 2.62 bits per heavy atom. The van der Waals surface area contributed by atoms with Gasteiger partial charge in [0, 0.05) is 11.8 Å². The first-order chi connectivity index (χ1) is 10.2. The second-order valence-corrected chi connectivity index (χ2v) is 4.99. The number of nitrogens with zero attached hydrogens (tertiary/aromatic N) is 1. The molecule has 0 radical (unpaired) electrons. The number of ether oxygens (including phenoxy) is 1. The van der Waals surface area contributed by atoms with Crippen LogP contribution >= 0.6 is 0 Å². The number of anilines is 1. The quantitative estimate of drug-likeness (QED) is 0.849. The zero-order valence-electron chi connectivity index (χ0n) is 12.5. The fraction of sp³-hybridized carbons (Fsp3) is 0.278. The Bertz CT molecular complexity index is 614. The summed E-state index contributed by atoms with van der Waals surface area (Å²) in [6, 6.07) is 18.5. The molecule has 2 aromatic carbocycles. The summed E-state index contributed by atoms with van der Waals surface area (Å²) in [7, 11) is 0. The van der Waals surface area contributed by atoms with Crippen LogP contribution in [-0.4, -0.2) is 6.61 Å². The summed E-state index contributed by atoms with van der Waals surface area (Å²) in [5, 5.41) is 12.1. The minimum absolute atomic E-state index is 0.0681. The van der Waals surface area contributed by atoms with Crippen LogP contribution in [0.25, 0.3) is 0 Å². The van der Waals surface area contributed by atoms with Crippen LogP contribution < -0.4 is 10.1 Å². The molecule has 1 N–H and O–H groups in total. The topological polar surface area (TPSA) is 45.0 Å². The molecule has 0 heterocycles. The van der Waals surface area contributed by atoms with Gasteiger partial charge in [0.2, 0.25) is 0 Å². The summed E-state index contributed by atoms with van der Waals surface area (Å²) in [6.45, 7) is 4.32. The molecule has 3 heteroatoms. The molecule has 21 heavy (non-hydrogen) atoms. The Kier molecular flexibility index (Phi) is 5.22. The third kappa shape index (κ3) is 4.25. The molecule has 2 rings (SSSR count). The average molecular weight is 280 g/mol. The molecule has 108 valence electrons. The normalized spacial score (nSPS) is 11.5. The maximum atomic E-state index is 8.56. The predicted molar refractivity (Wildman–Crippen MR) is 85.4 cm³/mol. The molecule has 1 atom stereocenters. The van der Waals surface area contributed by atoms with E-state index >= 15 is 0 Å². The van der Waals surface area contributed by atoms with Gasteiger partial charge in [0.25, 0.3) is 0 Å². The van der Waals surface area contributed by atoms with E-state index in [1.807, 2.05) is 30.3 Å². The first kappa shape index (κ1) is 14.9. The van der Waals surface area contributed by atoms with Crippen LogP contribution in [0, 0.1) is 18.3 Å². The number of benzene rings is 2. The number of aryl methyl sites for hydroxylation is 1. The van der Waals surface area contributed by atoms with Crippen LogP contribution in [0.1, 0.15) is 30.5 Å². The van der Waals surface area contributed by atoms with Gasteiger partial charge in [0.1, 0.15) is 11.8 Å². The highest BCUT2D eigenvalue weighted by Gasteiger charge is 2.09. The van der Waals surface area contributed by atoms with Gasteiger partial charge < -0.3 is 10.1 Å². The highest BCUT2D eigenvalue weighted by Crippen LogP contribution is 2.25. The molecule has 1 unspecified atom stereocenters. The van der Waals surface area contributed by atoms with E-state index in [0.29, 0.717) is 5.75 Å². The van der Waals surface area contributed by atoms with Gasteiger partial charge in [-0.2, -0.15) is 5.26 Å². The lowest BCUT2D eigenvalue weighted by atomic mass is 10.0. The SMILES string of the molecule is CCC(Nc1cccc(OCC#N)c1)c1ccc(C)cc1. The van der Waals surface area contributed by atoms with Crippen LogP contribution in [-0.2, 0) is 0 Å².